The average molecular weight is 312 g/mol. The minimum Gasteiger partial charge on any atom is -0.507 e. The Kier molecular flexibility index (Phi) is 3.78. The number of rotatable bonds is 3. The van der Waals surface area contributed by atoms with Gasteiger partial charge in [-0.15, -0.1) is 0 Å². The van der Waals surface area contributed by atoms with Crippen LogP contribution >= 0.6 is 0 Å². The van der Waals surface area contributed by atoms with Crippen LogP contribution in [-0.4, -0.2) is 23.8 Å². The minimum atomic E-state index is -0.456. The van der Waals surface area contributed by atoms with Crippen LogP contribution in [0.2, 0.25) is 0 Å². The second kappa shape index (κ2) is 5.76. The Morgan fingerprint density at radius 1 is 1.26 bits per heavy atom. The molecule has 0 amide bonds. The third-order valence-corrected chi connectivity index (χ3v) is 3.89. The van der Waals surface area contributed by atoms with Crippen molar-refractivity contribution in [3.63, 3.8) is 0 Å². The zero-order valence-electron chi connectivity index (χ0n) is 12.8. The number of carbonyl (C=O) groups excluding carboxylic acids is 2. The van der Waals surface area contributed by atoms with Crippen LogP contribution in [0, 0.1) is 0 Å². The van der Waals surface area contributed by atoms with Crippen molar-refractivity contribution in [3.8, 4) is 17.2 Å². The van der Waals surface area contributed by atoms with E-state index in [9.17, 15) is 14.7 Å². The summed E-state index contributed by atoms with van der Waals surface area (Å²) in [5.74, 6) is 0.330. The zero-order valence-corrected chi connectivity index (χ0v) is 12.8. The summed E-state index contributed by atoms with van der Waals surface area (Å²) in [4.78, 5) is 23.9. The predicted molar refractivity (Wildman–Crippen MR) is 83.4 cm³/mol. The van der Waals surface area contributed by atoms with Gasteiger partial charge in [0, 0.05) is 5.56 Å². The number of hydrogen-bond donors (Lipinski definition) is 1. The minimum absolute atomic E-state index is 0.131. The predicted octanol–water partition coefficient (Wildman–Crippen LogP) is 3.31. The molecule has 2 aromatic rings. The molecule has 23 heavy (non-hydrogen) atoms. The molecule has 0 bridgehead atoms. The van der Waals surface area contributed by atoms with Crippen molar-refractivity contribution in [2.45, 2.75) is 19.4 Å². The summed E-state index contributed by atoms with van der Waals surface area (Å²) in [7, 11) is 1.58. The molecule has 0 saturated heterocycles. The number of hydrogen-bond acceptors (Lipinski definition) is 5. The molecule has 5 heteroatoms. The van der Waals surface area contributed by atoms with Crippen LogP contribution in [0.3, 0.4) is 0 Å². The molecular weight excluding hydrogens is 296 g/mol. The summed E-state index contributed by atoms with van der Waals surface area (Å²) in [6.07, 6.45) is -0.325. The number of carbonyl (C=O) groups is 2. The van der Waals surface area contributed by atoms with Crippen molar-refractivity contribution in [2.24, 2.45) is 0 Å². The fourth-order valence-electron chi connectivity index (χ4n) is 2.65. The van der Waals surface area contributed by atoms with Gasteiger partial charge >= 0.3 is 0 Å². The number of aromatic hydroxyl groups is 1. The molecule has 0 radical (unpaired) electrons. The molecule has 1 unspecified atom stereocenters. The van der Waals surface area contributed by atoms with E-state index in [1.54, 1.807) is 19.2 Å². The SMILES string of the molecule is COc1ccc(C2CC(=O)c3c(O)cc(C(C)=O)cc3O2)cc1. The topological polar surface area (TPSA) is 72.8 Å². The van der Waals surface area contributed by atoms with Crippen molar-refractivity contribution in [2.75, 3.05) is 7.11 Å². The lowest BCUT2D eigenvalue weighted by atomic mass is 9.94. The lowest BCUT2D eigenvalue weighted by Gasteiger charge is -2.26. The molecule has 0 fully saturated rings. The highest BCUT2D eigenvalue weighted by Crippen LogP contribution is 2.40. The summed E-state index contributed by atoms with van der Waals surface area (Å²) < 4.78 is 11.0. The van der Waals surface area contributed by atoms with Gasteiger partial charge in [0.1, 0.15) is 28.9 Å². The fourth-order valence-corrected chi connectivity index (χ4v) is 2.65. The highest BCUT2D eigenvalue weighted by molar-refractivity contribution is 6.04. The summed E-state index contributed by atoms with van der Waals surface area (Å²) in [6.45, 7) is 1.40. The number of ether oxygens (including phenoxy) is 2. The molecule has 5 nitrogen and oxygen atoms in total. The number of benzene rings is 2. The van der Waals surface area contributed by atoms with Crippen LogP contribution < -0.4 is 9.47 Å². The van der Waals surface area contributed by atoms with E-state index in [0.29, 0.717) is 11.3 Å². The number of phenols is 1. The first-order valence-electron chi connectivity index (χ1n) is 7.21. The standard InChI is InChI=1S/C18H16O5/c1-10(19)12-7-14(20)18-15(21)9-16(23-17(18)8-12)11-3-5-13(22-2)6-4-11/h3-8,16,20H,9H2,1-2H3. The van der Waals surface area contributed by atoms with E-state index in [2.05, 4.69) is 0 Å². The monoisotopic (exact) mass is 312 g/mol. The highest BCUT2D eigenvalue weighted by atomic mass is 16.5. The maximum Gasteiger partial charge on any atom is 0.174 e. The molecule has 3 rings (SSSR count). The number of Topliss-reactive ketones (excluding diaryl/α,β-unsaturated/α-hetero) is 2. The molecule has 1 N–H and O–H groups in total. The van der Waals surface area contributed by atoms with Crippen LogP contribution in [0.5, 0.6) is 17.2 Å². The third kappa shape index (κ3) is 2.77. The van der Waals surface area contributed by atoms with Gasteiger partial charge in [-0.05, 0) is 36.8 Å². The number of phenolic OH excluding ortho intramolecular Hbond substituents is 1. The summed E-state index contributed by atoms with van der Waals surface area (Å²) in [5.41, 5.74) is 1.28. The lowest BCUT2D eigenvalue weighted by molar-refractivity contribution is 0.0842. The van der Waals surface area contributed by atoms with Gasteiger partial charge in [-0.25, -0.2) is 0 Å². The van der Waals surface area contributed by atoms with Gasteiger partial charge in [-0.1, -0.05) is 12.1 Å². The van der Waals surface area contributed by atoms with Crippen molar-refractivity contribution >= 4 is 11.6 Å². The smallest absolute Gasteiger partial charge is 0.174 e. The van der Waals surface area contributed by atoms with Gasteiger partial charge in [-0.2, -0.15) is 0 Å². The Balaban J connectivity index is 1.98. The van der Waals surface area contributed by atoms with Gasteiger partial charge in [0.25, 0.3) is 0 Å². The molecule has 1 heterocycles. The third-order valence-electron chi connectivity index (χ3n) is 3.89. The summed E-state index contributed by atoms with van der Waals surface area (Å²) in [5, 5.41) is 10.0. The maximum absolute atomic E-state index is 12.3. The Morgan fingerprint density at radius 2 is 1.96 bits per heavy atom. The van der Waals surface area contributed by atoms with E-state index in [0.717, 1.165) is 5.56 Å². The zero-order chi connectivity index (χ0) is 16.6. The fraction of sp³-hybridized carbons (Fsp3) is 0.222. The largest absolute Gasteiger partial charge is 0.507 e. The molecule has 2 aromatic carbocycles. The Labute approximate surface area is 133 Å². The molecule has 0 aromatic heterocycles. The first-order chi connectivity index (χ1) is 11.0. The van der Waals surface area contributed by atoms with Crippen LogP contribution in [0.15, 0.2) is 36.4 Å². The average Bonchev–Trinajstić information content (AvgIpc) is 2.54. The maximum atomic E-state index is 12.3. The number of fused-ring (bicyclic) bond motifs is 1. The summed E-state index contributed by atoms with van der Waals surface area (Å²) >= 11 is 0. The first-order valence-corrected chi connectivity index (χ1v) is 7.21. The van der Waals surface area contributed by atoms with Crippen molar-refractivity contribution in [1.29, 1.82) is 0 Å². The second-order valence-electron chi connectivity index (χ2n) is 5.43. The second-order valence-corrected chi connectivity index (χ2v) is 5.43. The number of ketones is 2. The van der Waals surface area contributed by atoms with Crippen LogP contribution in [-0.2, 0) is 0 Å². The van der Waals surface area contributed by atoms with Crippen molar-refractivity contribution < 1.29 is 24.2 Å². The normalized spacial score (nSPS) is 16.4. The van der Waals surface area contributed by atoms with Crippen molar-refractivity contribution in [3.05, 3.63) is 53.1 Å². The van der Waals surface area contributed by atoms with E-state index < -0.39 is 6.10 Å². The summed E-state index contributed by atoms with van der Waals surface area (Å²) in [6, 6.07) is 10.1. The van der Waals surface area contributed by atoms with Gasteiger partial charge < -0.3 is 14.6 Å². The van der Waals surface area contributed by atoms with Crippen LogP contribution in [0.25, 0.3) is 0 Å². The molecular formula is C18H16O5. The number of methoxy groups -OCH3 is 1. The Hall–Kier alpha value is -2.82. The van der Waals surface area contributed by atoms with Gasteiger partial charge in [-0.3, -0.25) is 9.59 Å². The quantitative estimate of drug-likeness (QED) is 0.880. The van der Waals surface area contributed by atoms with E-state index in [-0.39, 0.29) is 35.0 Å². The Morgan fingerprint density at radius 3 is 2.57 bits per heavy atom. The first kappa shape index (κ1) is 15.1. The molecule has 118 valence electrons. The molecule has 1 aliphatic rings. The van der Waals surface area contributed by atoms with E-state index in [4.69, 9.17) is 9.47 Å². The van der Waals surface area contributed by atoms with Crippen molar-refractivity contribution in [1.82, 2.24) is 0 Å². The molecule has 0 saturated carbocycles. The molecule has 0 aliphatic carbocycles. The highest BCUT2D eigenvalue weighted by Gasteiger charge is 2.31. The molecule has 1 aliphatic heterocycles. The molecule has 0 spiro atoms. The van der Waals surface area contributed by atoms with Gasteiger partial charge in [0.2, 0.25) is 0 Å². The van der Waals surface area contributed by atoms with Gasteiger partial charge in [0.05, 0.1) is 13.5 Å². The van der Waals surface area contributed by atoms with Crippen LogP contribution in [0.1, 0.15) is 45.7 Å². The lowest BCUT2D eigenvalue weighted by Crippen LogP contribution is -2.21. The van der Waals surface area contributed by atoms with E-state index in [1.165, 1.54) is 19.1 Å². The van der Waals surface area contributed by atoms with Gasteiger partial charge in [0.15, 0.2) is 11.6 Å². The van der Waals surface area contributed by atoms with E-state index >= 15 is 0 Å². The Bertz CT molecular complexity index is 777. The van der Waals surface area contributed by atoms with E-state index in [1.807, 2.05) is 12.1 Å². The van der Waals surface area contributed by atoms with Crippen LogP contribution in [0.4, 0.5) is 0 Å². The molecule has 1 atom stereocenters.